The number of hydrogen-bond acceptors (Lipinski definition) is 3. The Bertz CT molecular complexity index is 1190. The molecule has 32 heavy (non-hydrogen) atoms. The Kier molecular flexibility index (Phi) is 4.94. The van der Waals surface area contributed by atoms with Crippen molar-refractivity contribution in [2.24, 2.45) is 0 Å². The summed E-state index contributed by atoms with van der Waals surface area (Å²) in [5.74, 6) is -1.14. The maximum absolute atomic E-state index is 13.1. The summed E-state index contributed by atoms with van der Waals surface area (Å²) in [7, 11) is 1.50. The molecule has 1 unspecified atom stereocenters. The summed E-state index contributed by atoms with van der Waals surface area (Å²) in [5.41, 5.74) is 4.84. The standard InChI is InChI=1S/C26H22ClNO4/c1-28(26(24(29)30)13-16-10-11-18(27)12-17(16)14-26)25(31)32-15-23-21-8-4-2-6-19(21)20-7-3-5-9-22(20)23/h2-12,23H,13-15H2,1H3,(H,29,30). The number of fused-ring (bicyclic) bond motifs is 4. The van der Waals surface area contributed by atoms with Gasteiger partial charge in [-0.05, 0) is 45.5 Å². The zero-order valence-corrected chi connectivity index (χ0v) is 18.3. The van der Waals surface area contributed by atoms with Crippen molar-refractivity contribution in [3.63, 3.8) is 0 Å². The van der Waals surface area contributed by atoms with Crippen LogP contribution in [0.25, 0.3) is 11.1 Å². The zero-order valence-electron chi connectivity index (χ0n) is 17.5. The fourth-order valence-electron chi connectivity index (χ4n) is 5.02. The lowest BCUT2D eigenvalue weighted by atomic mass is 9.94. The second kappa shape index (κ2) is 7.68. The number of carboxylic acids is 1. The van der Waals surface area contributed by atoms with E-state index in [1.165, 1.54) is 11.9 Å². The number of rotatable bonds is 4. The summed E-state index contributed by atoms with van der Waals surface area (Å²) in [6.45, 7) is 0.145. The predicted octanol–water partition coefficient (Wildman–Crippen LogP) is 5.14. The van der Waals surface area contributed by atoms with E-state index in [9.17, 15) is 14.7 Å². The van der Waals surface area contributed by atoms with Gasteiger partial charge in [0.2, 0.25) is 0 Å². The minimum absolute atomic E-state index is 0.0832. The Hall–Kier alpha value is -3.31. The molecule has 2 aliphatic rings. The van der Waals surface area contributed by atoms with E-state index in [-0.39, 0.29) is 25.4 Å². The Labute approximate surface area is 191 Å². The summed E-state index contributed by atoms with van der Waals surface area (Å²) in [4.78, 5) is 26.6. The summed E-state index contributed by atoms with van der Waals surface area (Å²) in [6.07, 6.45) is -0.234. The van der Waals surface area contributed by atoms with Crippen LogP contribution in [0.15, 0.2) is 66.7 Å². The lowest BCUT2D eigenvalue weighted by molar-refractivity contribution is -0.149. The number of nitrogens with zero attached hydrogens (tertiary/aromatic N) is 1. The van der Waals surface area contributed by atoms with Crippen LogP contribution in [0.2, 0.25) is 5.02 Å². The number of ether oxygens (including phenoxy) is 1. The van der Waals surface area contributed by atoms with Crippen LogP contribution in [0.3, 0.4) is 0 Å². The SMILES string of the molecule is CN(C(=O)OCC1c2ccccc2-c2ccccc21)C1(C(=O)O)Cc2ccc(Cl)cc2C1. The van der Waals surface area contributed by atoms with Gasteiger partial charge in [-0.25, -0.2) is 9.59 Å². The first-order valence-corrected chi connectivity index (χ1v) is 10.9. The number of carboxylic acid groups (broad SMARTS) is 1. The van der Waals surface area contributed by atoms with E-state index in [0.717, 1.165) is 33.4 Å². The number of halogens is 1. The summed E-state index contributed by atoms with van der Waals surface area (Å²) in [5, 5.41) is 10.6. The number of aliphatic carboxylic acids is 1. The molecule has 2 aliphatic carbocycles. The highest BCUT2D eigenvalue weighted by atomic mass is 35.5. The zero-order chi connectivity index (χ0) is 22.5. The molecule has 3 aromatic carbocycles. The van der Waals surface area contributed by atoms with Crippen LogP contribution in [-0.4, -0.2) is 41.3 Å². The van der Waals surface area contributed by atoms with Gasteiger partial charge in [0.1, 0.15) is 6.61 Å². The number of carbonyl (C=O) groups is 2. The summed E-state index contributed by atoms with van der Waals surface area (Å²) < 4.78 is 5.71. The van der Waals surface area contributed by atoms with Crippen LogP contribution < -0.4 is 0 Å². The molecular weight excluding hydrogens is 426 g/mol. The quantitative estimate of drug-likeness (QED) is 0.601. The Balaban J connectivity index is 1.37. The van der Waals surface area contributed by atoms with E-state index in [0.29, 0.717) is 5.02 Å². The molecule has 6 heteroatoms. The van der Waals surface area contributed by atoms with Crippen LogP contribution in [0, 0.1) is 0 Å². The first kappa shape index (κ1) is 20.6. The second-order valence-electron chi connectivity index (χ2n) is 8.47. The molecule has 0 saturated carbocycles. The number of benzene rings is 3. The first-order chi connectivity index (χ1) is 15.4. The normalized spacial score (nSPS) is 18.6. The van der Waals surface area contributed by atoms with Crippen LogP contribution >= 0.6 is 11.6 Å². The van der Waals surface area contributed by atoms with E-state index < -0.39 is 17.6 Å². The lowest BCUT2D eigenvalue weighted by Gasteiger charge is -2.34. The van der Waals surface area contributed by atoms with Crippen molar-refractivity contribution in [1.82, 2.24) is 4.90 Å². The fraction of sp³-hybridized carbons (Fsp3) is 0.231. The molecule has 0 bridgehead atoms. The van der Waals surface area contributed by atoms with Crippen molar-refractivity contribution >= 4 is 23.7 Å². The summed E-state index contributed by atoms with van der Waals surface area (Å²) in [6, 6.07) is 21.5. The molecule has 1 atom stereocenters. The molecule has 0 aromatic heterocycles. The topological polar surface area (TPSA) is 66.8 Å². The minimum Gasteiger partial charge on any atom is -0.479 e. The highest BCUT2D eigenvalue weighted by molar-refractivity contribution is 6.30. The largest absolute Gasteiger partial charge is 0.479 e. The molecule has 162 valence electrons. The van der Waals surface area contributed by atoms with E-state index >= 15 is 0 Å². The van der Waals surface area contributed by atoms with Gasteiger partial charge in [0.15, 0.2) is 5.54 Å². The molecule has 1 N–H and O–H groups in total. The van der Waals surface area contributed by atoms with Gasteiger partial charge < -0.3 is 9.84 Å². The van der Waals surface area contributed by atoms with Gasteiger partial charge >= 0.3 is 12.1 Å². The van der Waals surface area contributed by atoms with Crippen molar-refractivity contribution in [2.75, 3.05) is 13.7 Å². The average Bonchev–Trinajstić information content (AvgIpc) is 3.33. The highest BCUT2D eigenvalue weighted by Crippen LogP contribution is 2.44. The van der Waals surface area contributed by atoms with Gasteiger partial charge in [0.05, 0.1) is 0 Å². The van der Waals surface area contributed by atoms with Gasteiger partial charge in [-0.15, -0.1) is 0 Å². The van der Waals surface area contributed by atoms with Crippen molar-refractivity contribution in [3.8, 4) is 11.1 Å². The fourth-order valence-corrected chi connectivity index (χ4v) is 5.22. The van der Waals surface area contributed by atoms with E-state index in [4.69, 9.17) is 16.3 Å². The predicted molar refractivity (Wildman–Crippen MR) is 122 cm³/mol. The van der Waals surface area contributed by atoms with Crippen molar-refractivity contribution in [3.05, 3.63) is 94.0 Å². The van der Waals surface area contributed by atoms with E-state index in [1.807, 2.05) is 42.5 Å². The van der Waals surface area contributed by atoms with Gasteiger partial charge in [-0.1, -0.05) is 66.2 Å². The van der Waals surface area contributed by atoms with Gasteiger partial charge in [-0.3, -0.25) is 4.90 Å². The monoisotopic (exact) mass is 447 g/mol. The number of likely N-dealkylation sites (N-methyl/N-ethyl adjacent to an activating group) is 1. The first-order valence-electron chi connectivity index (χ1n) is 10.5. The average molecular weight is 448 g/mol. The molecule has 3 aromatic rings. The van der Waals surface area contributed by atoms with E-state index in [1.54, 1.807) is 12.1 Å². The third kappa shape index (κ3) is 3.16. The third-order valence-electron chi connectivity index (χ3n) is 6.78. The van der Waals surface area contributed by atoms with Crippen LogP contribution in [0.1, 0.15) is 28.2 Å². The molecule has 0 fully saturated rings. The Morgan fingerprint density at radius 1 is 1.00 bits per heavy atom. The molecule has 0 saturated heterocycles. The molecule has 5 rings (SSSR count). The van der Waals surface area contributed by atoms with Gasteiger partial charge in [0, 0.05) is 30.8 Å². The van der Waals surface area contributed by atoms with Crippen LogP contribution in [-0.2, 0) is 22.4 Å². The van der Waals surface area contributed by atoms with E-state index in [2.05, 4.69) is 12.1 Å². The Morgan fingerprint density at radius 2 is 1.59 bits per heavy atom. The number of hydrogen-bond donors (Lipinski definition) is 1. The molecule has 0 aliphatic heterocycles. The molecule has 0 spiro atoms. The van der Waals surface area contributed by atoms with Crippen molar-refractivity contribution in [2.45, 2.75) is 24.3 Å². The molecule has 1 amide bonds. The maximum atomic E-state index is 13.1. The molecule has 0 radical (unpaired) electrons. The number of amides is 1. The smallest absolute Gasteiger partial charge is 0.410 e. The maximum Gasteiger partial charge on any atom is 0.410 e. The van der Waals surface area contributed by atoms with Crippen molar-refractivity contribution < 1.29 is 19.4 Å². The lowest BCUT2D eigenvalue weighted by Crippen LogP contribution is -2.56. The van der Waals surface area contributed by atoms with Crippen LogP contribution in [0.5, 0.6) is 0 Å². The van der Waals surface area contributed by atoms with Gasteiger partial charge in [0.25, 0.3) is 0 Å². The van der Waals surface area contributed by atoms with Crippen molar-refractivity contribution in [1.29, 1.82) is 0 Å². The number of carbonyl (C=O) groups excluding carboxylic acids is 1. The van der Waals surface area contributed by atoms with Gasteiger partial charge in [-0.2, -0.15) is 0 Å². The highest BCUT2D eigenvalue weighted by Gasteiger charge is 2.50. The Morgan fingerprint density at radius 3 is 2.22 bits per heavy atom. The molecular formula is C26H22ClNO4. The minimum atomic E-state index is -1.39. The molecule has 0 heterocycles. The second-order valence-corrected chi connectivity index (χ2v) is 8.90. The summed E-state index contributed by atoms with van der Waals surface area (Å²) >= 11 is 6.09. The van der Waals surface area contributed by atoms with Crippen LogP contribution in [0.4, 0.5) is 4.79 Å². The third-order valence-corrected chi connectivity index (χ3v) is 7.02. The molecule has 5 nitrogen and oxygen atoms in total.